The second-order valence-electron chi connectivity index (χ2n) is 4.52. The van der Waals surface area contributed by atoms with Gasteiger partial charge < -0.3 is 0 Å². The quantitative estimate of drug-likeness (QED) is 0.644. The molecule has 0 aliphatic carbocycles. The number of rotatable bonds is 4. The Hall–Kier alpha value is -1.11. The first-order valence-corrected chi connectivity index (χ1v) is 5.45. The Morgan fingerprint density at radius 2 is 1.93 bits per heavy atom. The van der Waals surface area contributed by atoms with Crippen LogP contribution in [0.25, 0.3) is 0 Å². The summed E-state index contributed by atoms with van der Waals surface area (Å²) in [6.45, 7) is 10.0. The minimum Gasteiger partial charge on any atom is -0.207 e. The highest BCUT2D eigenvalue weighted by Crippen LogP contribution is 2.20. The van der Waals surface area contributed by atoms with Crippen molar-refractivity contribution in [1.82, 2.24) is 0 Å². The minimum absolute atomic E-state index is 0.142. The predicted molar refractivity (Wildman–Crippen MR) is 63.6 cm³/mol. The molecule has 0 aromatic heterocycles. The van der Waals surface area contributed by atoms with Crippen molar-refractivity contribution in [2.75, 3.05) is 0 Å². The van der Waals surface area contributed by atoms with Crippen LogP contribution in [-0.2, 0) is 6.42 Å². The molecule has 0 amide bonds. The van der Waals surface area contributed by atoms with Crippen molar-refractivity contribution in [3.8, 4) is 0 Å². The summed E-state index contributed by atoms with van der Waals surface area (Å²) in [7, 11) is 0. The molecular formula is C14H19F. The van der Waals surface area contributed by atoms with Gasteiger partial charge in [0.1, 0.15) is 5.82 Å². The van der Waals surface area contributed by atoms with Crippen LogP contribution in [0, 0.1) is 11.7 Å². The Labute approximate surface area is 91.8 Å². The Kier molecular flexibility index (Phi) is 4.07. The van der Waals surface area contributed by atoms with Gasteiger partial charge in [-0.2, -0.15) is 0 Å². The third-order valence-electron chi connectivity index (χ3n) is 2.50. The van der Waals surface area contributed by atoms with Crippen molar-refractivity contribution in [3.63, 3.8) is 0 Å². The van der Waals surface area contributed by atoms with E-state index in [4.69, 9.17) is 0 Å². The summed E-state index contributed by atoms with van der Waals surface area (Å²) in [6.07, 6.45) is 2.77. The Morgan fingerprint density at radius 3 is 2.47 bits per heavy atom. The lowest BCUT2D eigenvalue weighted by Crippen LogP contribution is -1.98. The van der Waals surface area contributed by atoms with Gasteiger partial charge in [0.05, 0.1) is 0 Å². The molecule has 1 heteroatoms. The molecule has 1 unspecified atom stereocenters. The van der Waals surface area contributed by atoms with Crippen molar-refractivity contribution in [1.29, 1.82) is 0 Å². The average Bonchev–Trinajstić information content (AvgIpc) is 2.14. The maximum absolute atomic E-state index is 13.3. The molecule has 0 aliphatic rings. The van der Waals surface area contributed by atoms with E-state index in [9.17, 15) is 4.39 Å². The lowest BCUT2D eigenvalue weighted by atomic mass is 9.95. The van der Waals surface area contributed by atoms with E-state index in [0.29, 0.717) is 5.92 Å². The smallest absolute Gasteiger partial charge is 0.123 e. The molecule has 0 saturated carbocycles. The predicted octanol–water partition coefficient (Wildman–Crippen LogP) is 4.31. The molecule has 0 fully saturated rings. The summed E-state index contributed by atoms with van der Waals surface area (Å²) in [4.78, 5) is 0. The van der Waals surface area contributed by atoms with Crippen LogP contribution in [0.5, 0.6) is 0 Å². The van der Waals surface area contributed by atoms with E-state index in [-0.39, 0.29) is 11.7 Å². The van der Waals surface area contributed by atoms with Crippen LogP contribution in [0.2, 0.25) is 0 Å². The third-order valence-corrected chi connectivity index (χ3v) is 2.50. The molecule has 1 atom stereocenters. The van der Waals surface area contributed by atoms with E-state index in [0.717, 1.165) is 17.5 Å². The number of hydrogen-bond acceptors (Lipinski definition) is 0. The molecule has 0 heterocycles. The Bertz CT molecular complexity index is 339. The highest BCUT2D eigenvalue weighted by Gasteiger charge is 2.06. The van der Waals surface area contributed by atoms with Gasteiger partial charge in [-0.15, -0.1) is 6.58 Å². The zero-order valence-corrected chi connectivity index (χ0v) is 9.76. The number of allylic oxidation sites excluding steroid dienone is 1. The first kappa shape index (κ1) is 12.0. The van der Waals surface area contributed by atoms with Crippen LogP contribution in [0.1, 0.15) is 37.8 Å². The van der Waals surface area contributed by atoms with Crippen molar-refractivity contribution >= 4 is 0 Å². The van der Waals surface area contributed by atoms with Crippen LogP contribution in [0.3, 0.4) is 0 Å². The molecule has 1 aromatic carbocycles. The summed E-state index contributed by atoms with van der Waals surface area (Å²) in [5.41, 5.74) is 2.09. The maximum atomic E-state index is 13.3. The molecular weight excluding hydrogens is 187 g/mol. The van der Waals surface area contributed by atoms with Crippen molar-refractivity contribution in [2.24, 2.45) is 5.92 Å². The Balaban J connectivity index is 2.99. The number of hydrogen-bond donors (Lipinski definition) is 0. The van der Waals surface area contributed by atoms with Gasteiger partial charge in [0.15, 0.2) is 0 Å². The van der Waals surface area contributed by atoms with Gasteiger partial charge in [-0.05, 0) is 41.5 Å². The summed E-state index contributed by atoms with van der Waals surface area (Å²) >= 11 is 0. The largest absolute Gasteiger partial charge is 0.207 e. The molecule has 15 heavy (non-hydrogen) atoms. The van der Waals surface area contributed by atoms with Crippen molar-refractivity contribution < 1.29 is 4.39 Å². The normalized spacial score (nSPS) is 12.9. The zero-order chi connectivity index (χ0) is 11.4. The van der Waals surface area contributed by atoms with Crippen LogP contribution in [-0.4, -0.2) is 0 Å². The Morgan fingerprint density at radius 1 is 1.27 bits per heavy atom. The van der Waals surface area contributed by atoms with Gasteiger partial charge in [-0.25, -0.2) is 4.39 Å². The molecule has 0 N–H and O–H groups in total. The van der Waals surface area contributed by atoms with E-state index in [1.807, 2.05) is 13.0 Å². The molecule has 1 rings (SSSR count). The maximum Gasteiger partial charge on any atom is 0.123 e. The molecule has 0 spiro atoms. The van der Waals surface area contributed by atoms with Gasteiger partial charge in [0.2, 0.25) is 0 Å². The van der Waals surface area contributed by atoms with E-state index < -0.39 is 0 Å². The van der Waals surface area contributed by atoms with Gasteiger partial charge in [0, 0.05) is 0 Å². The number of halogens is 1. The van der Waals surface area contributed by atoms with E-state index in [2.05, 4.69) is 26.5 Å². The van der Waals surface area contributed by atoms with E-state index in [1.165, 1.54) is 0 Å². The van der Waals surface area contributed by atoms with Gasteiger partial charge in [-0.3, -0.25) is 0 Å². The van der Waals surface area contributed by atoms with Crippen LogP contribution in [0.15, 0.2) is 30.9 Å². The molecule has 0 bridgehead atoms. The molecule has 0 saturated heterocycles. The second-order valence-corrected chi connectivity index (χ2v) is 4.52. The average molecular weight is 206 g/mol. The van der Waals surface area contributed by atoms with E-state index >= 15 is 0 Å². The molecule has 0 nitrogen and oxygen atoms in total. The summed E-state index contributed by atoms with van der Waals surface area (Å²) < 4.78 is 13.3. The lowest BCUT2D eigenvalue weighted by molar-refractivity contribution is 0.609. The van der Waals surface area contributed by atoms with E-state index in [1.54, 1.807) is 12.1 Å². The summed E-state index contributed by atoms with van der Waals surface area (Å²) in [5, 5.41) is 0. The topological polar surface area (TPSA) is 0 Å². The van der Waals surface area contributed by atoms with Crippen LogP contribution >= 0.6 is 0 Å². The zero-order valence-electron chi connectivity index (χ0n) is 9.76. The number of benzene rings is 1. The van der Waals surface area contributed by atoms with Gasteiger partial charge in [0.25, 0.3) is 0 Å². The monoisotopic (exact) mass is 206 g/mol. The molecule has 0 radical (unpaired) electrons. The molecule has 0 aliphatic heterocycles. The fourth-order valence-electron chi connectivity index (χ4n) is 1.66. The standard InChI is InChI=1S/C14H19F/c1-5-11(4)13-7-12(6-10(2)3)8-14(15)9-13/h5,7-11H,1,6H2,2-4H3. The summed E-state index contributed by atoms with van der Waals surface area (Å²) in [5.74, 6) is 0.627. The van der Waals surface area contributed by atoms with Crippen LogP contribution in [0.4, 0.5) is 4.39 Å². The first-order chi connectivity index (χ1) is 7.02. The highest BCUT2D eigenvalue weighted by molar-refractivity contribution is 5.29. The summed E-state index contributed by atoms with van der Waals surface area (Å²) in [6, 6.07) is 5.30. The van der Waals surface area contributed by atoms with Gasteiger partial charge in [-0.1, -0.05) is 32.9 Å². The third kappa shape index (κ3) is 3.50. The van der Waals surface area contributed by atoms with Crippen molar-refractivity contribution in [2.45, 2.75) is 33.1 Å². The highest BCUT2D eigenvalue weighted by atomic mass is 19.1. The fraction of sp³-hybridized carbons (Fsp3) is 0.429. The SMILES string of the molecule is C=CC(C)c1cc(F)cc(CC(C)C)c1. The second kappa shape index (κ2) is 5.11. The molecule has 82 valence electrons. The first-order valence-electron chi connectivity index (χ1n) is 5.45. The van der Waals surface area contributed by atoms with Crippen LogP contribution < -0.4 is 0 Å². The minimum atomic E-state index is -0.142. The lowest BCUT2D eigenvalue weighted by Gasteiger charge is -2.11. The fourth-order valence-corrected chi connectivity index (χ4v) is 1.66. The molecule has 1 aromatic rings. The van der Waals surface area contributed by atoms with Gasteiger partial charge >= 0.3 is 0 Å². The van der Waals surface area contributed by atoms with Crippen molar-refractivity contribution in [3.05, 3.63) is 47.8 Å².